The van der Waals surface area contributed by atoms with Crippen molar-refractivity contribution < 1.29 is 23.1 Å². The van der Waals surface area contributed by atoms with Crippen LogP contribution in [0.5, 0.6) is 0 Å². The first kappa shape index (κ1) is 34.9. The number of likely N-dealkylation sites (tertiary alicyclic amines) is 1. The quantitative estimate of drug-likeness (QED) is 0.342. The van der Waals surface area contributed by atoms with E-state index in [1.807, 2.05) is 27.7 Å². The highest BCUT2D eigenvalue weighted by atomic mass is 35.5. The van der Waals surface area contributed by atoms with Crippen LogP contribution >= 0.6 is 23.2 Å². The topological polar surface area (TPSA) is 94.5 Å². The Hall–Kier alpha value is -2.93. The third-order valence-corrected chi connectivity index (χ3v) is 9.06. The number of carbonyl (C=O) groups excluding carboxylic acids is 2. The van der Waals surface area contributed by atoms with E-state index in [-0.39, 0.29) is 32.5 Å². The molecule has 45 heavy (non-hydrogen) atoms. The molecular formula is C34H42Cl2F2N4O3. The van der Waals surface area contributed by atoms with E-state index in [9.17, 15) is 14.9 Å². The lowest BCUT2D eigenvalue weighted by atomic mass is 9.62. The number of piperidine rings is 1. The average molecular weight is 664 g/mol. The largest absolute Gasteiger partial charge is 0.444 e. The van der Waals surface area contributed by atoms with Gasteiger partial charge in [0.25, 0.3) is 0 Å². The minimum atomic E-state index is -1.75. The summed E-state index contributed by atoms with van der Waals surface area (Å²) in [4.78, 5) is 29.1. The number of hydrogen-bond acceptors (Lipinski definition) is 5. The summed E-state index contributed by atoms with van der Waals surface area (Å²) in [5, 5.41) is 17.3. The van der Waals surface area contributed by atoms with Crippen molar-refractivity contribution in [3.63, 3.8) is 0 Å². The lowest BCUT2D eigenvalue weighted by Gasteiger charge is -2.40. The predicted molar refractivity (Wildman–Crippen MR) is 171 cm³/mol. The van der Waals surface area contributed by atoms with Gasteiger partial charge in [-0.05, 0) is 75.1 Å². The van der Waals surface area contributed by atoms with Gasteiger partial charge in [-0.15, -0.1) is 0 Å². The maximum atomic E-state index is 16.0. The molecule has 7 nitrogen and oxygen atoms in total. The first-order valence-corrected chi connectivity index (χ1v) is 16.0. The fourth-order valence-corrected chi connectivity index (χ4v) is 6.97. The molecule has 2 N–H and O–H groups in total. The smallest absolute Gasteiger partial charge is 0.411 e. The van der Waals surface area contributed by atoms with Gasteiger partial charge in [0.05, 0.1) is 17.1 Å². The first-order valence-electron chi connectivity index (χ1n) is 15.2. The van der Waals surface area contributed by atoms with E-state index in [0.717, 1.165) is 12.5 Å². The van der Waals surface area contributed by atoms with Gasteiger partial charge < -0.3 is 15.4 Å². The maximum Gasteiger partial charge on any atom is 0.411 e. The molecule has 0 aromatic heterocycles. The summed E-state index contributed by atoms with van der Waals surface area (Å²) in [5.74, 6) is -3.11. The zero-order chi connectivity index (χ0) is 33.5. The first-order chi connectivity index (χ1) is 20.9. The Morgan fingerprint density at radius 2 is 1.84 bits per heavy atom. The Balaban J connectivity index is 1.87. The molecule has 11 heteroatoms. The Kier molecular flexibility index (Phi) is 10.1. The van der Waals surface area contributed by atoms with E-state index >= 15 is 8.78 Å². The molecule has 0 saturated carbocycles. The average Bonchev–Trinajstić information content (AvgIpc) is 3.22. The molecule has 0 spiro atoms. The van der Waals surface area contributed by atoms with Crippen LogP contribution < -0.4 is 10.6 Å². The summed E-state index contributed by atoms with van der Waals surface area (Å²) in [5.41, 5.74) is -2.87. The summed E-state index contributed by atoms with van der Waals surface area (Å²) in [7, 11) is 0. The van der Waals surface area contributed by atoms with Crippen LogP contribution in [0, 0.1) is 34.3 Å². The SMILES string of the molecule is CC1CCN(C(=O)OC(C)(C)C)C(NC(=O)[C@@H]2N[C@@H](CC(C)(C)C)[C@](C#N)(c3ccc(Cl)cc3F)[C@H]2c2cccc(Cl)c2F)C1. The number of halogens is 4. The molecule has 244 valence electrons. The molecule has 0 radical (unpaired) electrons. The zero-order valence-corrected chi connectivity index (χ0v) is 28.3. The molecule has 6 atom stereocenters. The van der Waals surface area contributed by atoms with Gasteiger partial charge in [0, 0.05) is 29.1 Å². The van der Waals surface area contributed by atoms with Gasteiger partial charge in [0.1, 0.15) is 28.8 Å². The summed E-state index contributed by atoms with van der Waals surface area (Å²) < 4.78 is 37.5. The van der Waals surface area contributed by atoms with E-state index in [1.165, 1.54) is 29.2 Å². The summed E-state index contributed by atoms with van der Waals surface area (Å²) in [6.45, 7) is 13.6. The van der Waals surface area contributed by atoms with Gasteiger partial charge in [-0.1, -0.05) is 69.1 Å². The molecule has 2 fully saturated rings. The highest BCUT2D eigenvalue weighted by Crippen LogP contribution is 2.52. The number of nitrogens with zero attached hydrogens (tertiary/aromatic N) is 2. The van der Waals surface area contributed by atoms with Crippen LogP contribution in [0.2, 0.25) is 10.0 Å². The number of ether oxygens (including phenoxy) is 1. The fourth-order valence-electron chi connectivity index (χ4n) is 6.63. The van der Waals surface area contributed by atoms with Crippen LogP contribution in [0.1, 0.15) is 84.8 Å². The molecule has 2 aromatic carbocycles. The van der Waals surface area contributed by atoms with E-state index in [4.69, 9.17) is 27.9 Å². The van der Waals surface area contributed by atoms with E-state index < -0.39 is 58.8 Å². The molecule has 2 amide bonds. The van der Waals surface area contributed by atoms with Crippen molar-refractivity contribution in [2.45, 2.75) is 103 Å². The van der Waals surface area contributed by atoms with Gasteiger partial charge >= 0.3 is 6.09 Å². The Morgan fingerprint density at radius 3 is 2.44 bits per heavy atom. The van der Waals surface area contributed by atoms with Crippen LogP contribution in [0.4, 0.5) is 13.6 Å². The molecule has 2 aliphatic rings. The second-order valence-electron chi connectivity index (χ2n) is 14.5. The molecule has 0 aliphatic carbocycles. The van der Waals surface area contributed by atoms with Gasteiger partial charge in [-0.2, -0.15) is 5.26 Å². The zero-order valence-electron chi connectivity index (χ0n) is 26.8. The molecule has 0 bridgehead atoms. The number of amides is 2. The minimum absolute atomic E-state index is 0.00232. The second-order valence-corrected chi connectivity index (χ2v) is 15.4. The highest BCUT2D eigenvalue weighted by Gasteiger charge is 2.61. The van der Waals surface area contributed by atoms with E-state index in [0.29, 0.717) is 19.4 Å². The van der Waals surface area contributed by atoms with Crippen LogP contribution in [-0.2, 0) is 14.9 Å². The van der Waals surface area contributed by atoms with Gasteiger partial charge in [-0.25, -0.2) is 13.6 Å². The Labute approximate surface area is 274 Å². The van der Waals surface area contributed by atoms with Crippen LogP contribution in [0.25, 0.3) is 0 Å². The number of rotatable bonds is 5. The third kappa shape index (κ3) is 7.40. The van der Waals surface area contributed by atoms with Crippen LogP contribution in [0.3, 0.4) is 0 Å². The molecule has 2 aromatic rings. The van der Waals surface area contributed by atoms with Gasteiger partial charge in [0.2, 0.25) is 5.91 Å². The van der Waals surface area contributed by atoms with E-state index in [2.05, 4.69) is 16.7 Å². The van der Waals surface area contributed by atoms with Gasteiger partial charge in [-0.3, -0.25) is 9.69 Å². The standard InChI is InChI=1S/C34H42Cl2F2N4O3/c1-19-13-14-42(31(44)45-33(5,6)7)26(15-19)41-30(43)29-27(21-9-8-10-23(36)28(21)38)34(18-39,25(40-29)17-32(2,3)4)22-12-11-20(35)16-24(22)37/h8-12,16,19,25-27,29,40H,13-15,17H2,1-7H3,(H,41,43)/t19?,25-,26?,27-,29+,34-/m0/s1. The lowest BCUT2D eigenvalue weighted by Crippen LogP contribution is -2.58. The fraction of sp³-hybridized carbons (Fsp3) is 0.559. The maximum absolute atomic E-state index is 16.0. The van der Waals surface area contributed by atoms with Crippen molar-refractivity contribution in [3.8, 4) is 6.07 Å². The molecule has 2 saturated heterocycles. The van der Waals surface area contributed by atoms with Gasteiger partial charge in [0.15, 0.2) is 0 Å². The highest BCUT2D eigenvalue weighted by molar-refractivity contribution is 6.31. The predicted octanol–water partition coefficient (Wildman–Crippen LogP) is 7.70. The lowest BCUT2D eigenvalue weighted by molar-refractivity contribution is -0.125. The van der Waals surface area contributed by atoms with E-state index in [1.54, 1.807) is 26.8 Å². The number of nitriles is 1. The number of nitrogens with one attached hydrogen (secondary N) is 2. The molecule has 2 aliphatic heterocycles. The van der Waals surface area contributed by atoms with Crippen LogP contribution in [-0.4, -0.2) is 47.3 Å². The monoisotopic (exact) mass is 662 g/mol. The third-order valence-electron chi connectivity index (χ3n) is 8.53. The normalized spacial score (nSPS) is 27.2. The second kappa shape index (κ2) is 13.1. The van der Waals surface area contributed by atoms with Crippen molar-refractivity contribution in [2.24, 2.45) is 11.3 Å². The molecular weight excluding hydrogens is 621 g/mol. The molecule has 2 heterocycles. The number of benzene rings is 2. The minimum Gasteiger partial charge on any atom is -0.444 e. The van der Waals surface area contributed by atoms with Crippen molar-refractivity contribution in [1.82, 2.24) is 15.5 Å². The molecule has 4 rings (SSSR count). The number of hydrogen-bond donors (Lipinski definition) is 2. The summed E-state index contributed by atoms with van der Waals surface area (Å²) >= 11 is 12.4. The van der Waals surface area contributed by atoms with Crippen molar-refractivity contribution in [1.29, 1.82) is 5.26 Å². The Bertz CT molecular complexity index is 1490. The van der Waals surface area contributed by atoms with Crippen molar-refractivity contribution >= 4 is 35.2 Å². The summed E-state index contributed by atoms with van der Waals surface area (Å²) in [6.07, 6.45) is 0.263. The van der Waals surface area contributed by atoms with Crippen LogP contribution in [0.15, 0.2) is 36.4 Å². The number of carbonyl (C=O) groups is 2. The summed E-state index contributed by atoms with van der Waals surface area (Å²) in [6, 6.07) is 8.79. The Morgan fingerprint density at radius 1 is 1.16 bits per heavy atom. The van der Waals surface area contributed by atoms with Crippen molar-refractivity contribution in [2.75, 3.05) is 6.54 Å². The van der Waals surface area contributed by atoms with Crippen molar-refractivity contribution in [3.05, 3.63) is 69.2 Å². The molecule has 2 unspecified atom stereocenters.